The monoisotopic (exact) mass is 328 g/mol. The predicted octanol–water partition coefficient (Wildman–Crippen LogP) is 3.54. The molecule has 0 saturated heterocycles. The lowest BCUT2D eigenvalue weighted by atomic mass is 9.83. The molecule has 1 aliphatic rings. The Bertz CT molecular complexity index is 1060. The van der Waals surface area contributed by atoms with Gasteiger partial charge in [0, 0.05) is 30.6 Å². The van der Waals surface area contributed by atoms with E-state index in [1.807, 2.05) is 55.5 Å². The van der Waals surface area contributed by atoms with Gasteiger partial charge in [0.05, 0.1) is 11.1 Å². The molecule has 0 amide bonds. The van der Waals surface area contributed by atoms with Crippen LogP contribution in [-0.4, -0.2) is 35.5 Å². The van der Waals surface area contributed by atoms with Crippen molar-refractivity contribution < 1.29 is 9.59 Å². The number of hydrogen-bond acceptors (Lipinski definition) is 4. The highest BCUT2D eigenvalue weighted by Crippen LogP contribution is 2.33. The number of para-hydroxylation sites is 1. The molecule has 0 aliphatic heterocycles. The van der Waals surface area contributed by atoms with Gasteiger partial charge < -0.3 is 4.90 Å². The third kappa shape index (κ3) is 2.34. The molecule has 4 heteroatoms. The Morgan fingerprint density at radius 2 is 1.52 bits per heavy atom. The van der Waals surface area contributed by atoms with Gasteiger partial charge in [-0.15, -0.1) is 0 Å². The number of hydrogen-bond donors (Lipinski definition) is 0. The van der Waals surface area contributed by atoms with Gasteiger partial charge in [0.2, 0.25) is 5.78 Å². The smallest absolute Gasteiger partial charge is 0.212 e. The number of fused-ring (bicyclic) bond motifs is 3. The zero-order chi connectivity index (χ0) is 17.6. The zero-order valence-corrected chi connectivity index (χ0v) is 14.0. The molecule has 0 spiro atoms. The van der Waals surface area contributed by atoms with Gasteiger partial charge in [0.1, 0.15) is 5.69 Å². The van der Waals surface area contributed by atoms with E-state index in [1.54, 1.807) is 24.3 Å². The summed E-state index contributed by atoms with van der Waals surface area (Å²) in [6.07, 6.45) is 3.75. The van der Waals surface area contributed by atoms with Crippen LogP contribution >= 0.6 is 0 Å². The molecule has 1 aromatic heterocycles. The van der Waals surface area contributed by atoms with Gasteiger partial charge in [0.15, 0.2) is 5.78 Å². The van der Waals surface area contributed by atoms with Crippen LogP contribution in [0.1, 0.15) is 37.5 Å². The quantitative estimate of drug-likeness (QED) is 0.565. The second kappa shape index (κ2) is 5.67. The Morgan fingerprint density at radius 1 is 0.880 bits per heavy atom. The Morgan fingerprint density at radius 3 is 2.24 bits per heavy atom. The van der Waals surface area contributed by atoms with Crippen molar-refractivity contribution in [3.05, 3.63) is 82.7 Å². The molecule has 2 aromatic carbocycles. The Balaban J connectivity index is 2.09. The predicted molar refractivity (Wildman–Crippen MR) is 97.8 cm³/mol. The highest BCUT2D eigenvalue weighted by atomic mass is 16.1. The number of aromatic nitrogens is 1. The first-order valence-corrected chi connectivity index (χ1v) is 8.03. The van der Waals surface area contributed by atoms with Crippen molar-refractivity contribution in [2.24, 2.45) is 0 Å². The number of benzene rings is 2. The topological polar surface area (TPSA) is 50.3 Å². The summed E-state index contributed by atoms with van der Waals surface area (Å²) in [4.78, 5) is 32.5. The second-order valence-electron chi connectivity index (χ2n) is 6.25. The Kier molecular flexibility index (Phi) is 3.46. The average molecular weight is 328 g/mol. The van der Waals surface area contributed by atoms with Crippen molar-refractivity contribution in [3.8, 4) is 0 Å². The maximum Gasteiger partial charge on any atom is 0.212 e. The fraction of sp³-hybridized carbons (Fsp3) is 0.0952. The van der Waals surface area contributed by atoms with Gasteiger partial charge in [-0.2, -0.15) is 0 Å². The van der Waals surface area contributed by atoms with Gasteiger partial charge in [-0.25, -0.2) is 4.98 Å². The van der Waals surface area contributed by atoms with Crippen LogP contribution in [0.5, 0.6) is 0 Å². The summed E-state index contributed by atoms with van der Waals surface area (Å²) in [5.74, 6) is -0.350. The molecule has 0 bridgehead atoms. The number of ketones is 2. The summed E-state index contributed by atoms with van der Waals surface area (Å²) in [6.45, 7) is 0. The third-order valence-corrected chi connectivity index (χ3v) is 4.33. The van der Waals surface area contributed by atoms with Gasteiger partial charge in [-0.05, 0) is 23.9 Å². The molecule has 3 aromatic rings. The van der Waals surface area contributed by atoms with E-state index in [1.165, 1.54) is 0 Å². The van der Waals surface area contributed by atoms with E-state index in [2.05, 4.69) is 4.98 Å². The average Bonchev–Trinajstić information content (AvgIpc) is 2.63. The lowest BCUT2D eigenvalue weighted by Crippen LogP contribution is -2.23. The number of pyridine rings is 1. The van der Waals surface area contributed by atoms with Crippen molar-refractivity contribution in [2.45, 2.75) is 0 Å². The van der Waals surface area contributed by atoms with Crippen molar-refractivity contribution in [1.29, 1.82) is 0 Å². The molecule has 4 rings (SSSR count). The largest absolute Gasteiger partial charge is 0.383 e. The molecule has 1 heterocycles. The lowest BCUT2D eigenvalue weighted by molar-refractivity contribution is 0.0975. The van der Waals surface area contributed by atoms with Gasteiger partial charge >= 0.3 is 0 Å². The normalized spacial score (nSPS) is 13.2. The summed E-state index contributed by atoms with van der Waals surface area (Å²) >= 11 is 0. The molecule has 1 aliphatic carbocycles. The number of carbonyl (C=O) groups excluding carboxylic acids is 2. The third-order valence-electron chi connectivity index (χ3n) is 4.33. The minimum atomic E-state index is -0.199. The summed E-state index contributed by atoms with van der Waals surface area (Å²) in [7, 11) is 3.82. The summed E-state index contributed by atoms with van der Waals surface area (Å²) in [6, 6.07) is 14.5. The zero-order valence-electron chi connectivity index (χ0n) is 14.0. The molecule has 25 heavy (non-hydrogen) atoms. The fourth-order valence-electron chi connectivity index (χ4n) is 3.17. The van der Waals surface area contributed by atoms with Gasteiger partial charge in [0.25, 0.3) is 0 Å². The van der Waals surface area contributed by atoms with Crippen molar-refractivity contribution in [3.63, 3.8) is 0 Å². The molecule has 0 saturated carbocycles. The number of rotatable bonds is 2. The maximum absolute atomic E-state index is 13.1. The number of carbonyl (C=O) groups is 2. The highest BCUT2D eigenvalue weighted by Gasteiger charge is 2.33. The van der Waals surface area contributed by atoms with Crippen molar-refractivity contribution >= 4 is 28.5 Å². The van der Waals surface area contributed by atoms with E-state index in [4.69, 9.17) is 0 Å². The SMILES string of the molecule is CN(C)/C=C/c1c2c(nc3ccccc13)C(=O)c1ccccc1C2=O. The van der Waals surface area contributed by atoms with E-state index in [-0.39, 0.29) is 17.3 Å². The molecule has 4 nitrogen and oxygen atoms in total. The first kappa shape index (κ1) is 15.3. The van der Waals surface area contributed by atoms with Crippen LogP contribution in [0.2, 0.25) is 0 Å². The molecule has 0 radical (unpaired) electrons. The first-order chi connectivity index (χ1) is 12.1. The Hall–Kier alpha value is -3.27. The number of nitrogens with zero attached hydrogens (tertiary/aromatic N) is 2. The lowest BCUT2D eigenvalue weighted by Gasteiger charge is -2.20. The summed E-state index contributed by atoms with van der Waals surface area (Å²) in [5.41, 5.74) is 2.94. The van der Waals surface area contributed by atoms with Crippen LogP contribution in [0.15, 0.2) is 54.7 Å². The maximum atomic E-state index is 13.1. The van der Waals surface area contributed by atoms with E-state index in [9.17, 15) is 9.59 Å². The fourth-order valence-corrected chi connectivity index (χ4v) is 3.17. The van der Waals surface area contributed by atoms with Crippen LogP contribution < -0.4 is 0 Å². The molecule has 0 atom stereocenters. The van der Waals surface area contributed by atoms with Gasteiger partial charge in [-0.1, -0.05) is 42.5 Å². The molecular weight excluding hydrogens is 312 g/mol. The molecular formula is C21H16N2O2. The van der Waals surface area contributed by atoms with Crippen LogP contribution in [0.25, 0.3) is 17.0 Å². The second-order valence-corrected chi connectivity index (χ2v) is 6.25. The van der Waals surface area contributed by atoms with Crippen LogP contribution in [0.4, 0.5) is 0 Å². The van der Waals surface area contributed by atoms with E-state index in [0.717, 1.165) is 10.9 Å². The van der Waals surface area contributed by atoms with Crippen LogP contribution in [-0.2, 0) is 0 Å². The summed E-state index contributed by atoms with van der Waals surface area (Å²) in [5, 5.41) is 0.861. The highest BCUT2D eigenvalue weighted by molar-refractivity contribution is 6.29. The first-order valence-electron chi connectivity index (χ1n) is 8.03. The van der Waals surface area contributed by atoms with Crippen molar-refractivity contribution in [2.75, 3.05) is 14.1 Å². The molecule has 0 unspecified atom stereocenters. The standard InChI is InChI=1S/C21H16N2O2/c1-23(2)12-11-14-13-7-5-6-10-17(13)22-19-18(14)20(24)15-8-3-4-9-16(15)21(19)25/h3-12H,1-2H3/b12-11+. The molecule has 122 valence electrons. The van der Waals surface area contributed by atoms with Gasteiger partial charge in [-0.3, -0.25) is 9.59 Å². The molecule has 0 N–H and O–H groups in total. The van der Waals surface area contributed by atoms with Crippen molar-refractivity contribution in [1.82, 2.24) is 9.88 Å². The summed E-state index contributed by atoms with van der Waals surface area (Å²) < 4.78 is 0. The van der Waals surface area contributed by atoms with Crippen LogP contribution in [0.3, 0.4) is 0 Å². The van der Waals surface area contributed by atoms with E-state index < -0.39 is 0 Å². The van der Waals surface area contributed by atoms with E-state index >= 15 is 0 Å². The Labute approximate surface area is 145 Å². The minimum Gasteiger partial charge on any atom is -0.383 e. The minimum absolute atomic E-state index is 0.151. The molecule has 0 fully saturated rings. The van der Waals surface area contributed by atoms with E-state index in [0.29, 0.717) is 22.2 Å². The van der Waals surface area contributed by atoms with Crippen LogP contribution in [0, 0.1) is 0 Å².